The van der Waals surface area contributed by atoms with Gasteiger partial charge in [0.15, 0.2) is 0 Å². The van der Waals surface area contributed by atoms with E-state index in [0.717, 1.165) is 32.1 Å². The van der Waals surface area contributed by atoms with E-state index in [9.17, 15) is 4.79 Å². The molecule has 1 fully saturated rings. The van der Waals surface area contributed by atoms with E-state index in [-0.39, 0.29) is 0 Å². The van der Waals surface area contributed by atoms with Crippen molar-refractivity contribution in [2.75, 3.05) is 19.7 Å². The van der Waals surface area contributed by atoms with Gasteiger partial charge in [-0.3, -0.25) is 0 Å². The number of carbonyl (C=O) groups is 1. The minimum Gasteiger partial charge on any atom is -0.478 e. The van der Waals surface area contributed by atoms with E-state index in [2.05, 4.69) is 12.2 Å². The van der Waals surface area contributed by atoms with Crippen LogP contribution in [0.3, 0.4) is 0 Å². The Bertz CT molecular complexity index is 228. The van der Waals surface area contributed by atoms with Crippen LogP contribution in [0, 0.1) is 5.92 Å². The van der Waals surface area contributed by atoms with E-state index >= 15 is 0 Å². The molecule has 0 spiro atoms. The normalized spacial score (nSPS) is 26.2. The predicted molar refractivity (Wildman–Crippen MR) is 57.8 cm³/mol. The fraction of sp³-hybridized carbons (Fsp3) is 0.727. The molecule has 1 aliphatic heterocycles. The Morgan fingerprint density at radius 2 is 2.47 bits per heavy atom. The van der Waals surface area contributed by atoms with Crippen LogP contribution in [0.1, 0.15) is 19.8 Å². The lowest BCUT2D eigenvalue weighted by molar-refractivity contribution is -0.131. The molecule has 0 saturated carbocycles. The lowest BCUT2D eigenvalue weighted by atomic mass is 10.00. The van der Waals surface area contributed by atoms with Crippen molar-refractivity contribution in [1.82, 2.24) is 5.32 Å². The zero-order valence-electron chi connectivity index (χ0n) is 9.11. The topological polar surface area (TPSA) is 58.6 Å². The van der Waals surface area contributed by atoms with Crippen LogP contribution in [0.15, 0.2) is 12.2 Å². The molecule has 4 nitrogen and oxygen atoms in total. The molecule has 1 heterocycles. The highest BCUT2D eigenvalue weighted by Crippen LogP contribution is 2.22. The highest BCUT2D eigenvalue weighted by Gasteiger charge is 2.25. The molecule has 1 saturated heterocycles. The predicted octanol–water partition coefficient (Wildman–Crippen LogP) is 1.03. The van der Waals surface area contributed by atoms with Crippen molar-refractivity contribution in [2.45, 2.75) is 25.9 Å². The summed E-state index contributed by atoms with van der Waals surface area (Å²) in [4.78, 5) is 10.2. The van der Waals surface area contributed by atoms with Crippen molar-refractivity contribution >= 4 is 5.97 Å². The zero-order chi connectivity index (χ0) is 11.1. The maximum Gasteiger partial charge on any atom is 0.328 e. The first-order valence-electron chi connectivity index (χ1n) is 5.45. The largest absolute Gasteiger partial charge is 0.478 e. The van der Waals surface area contributed by atoms with E-state index in [0.29, 0.717) is 18.6 Å². The lowest BCUT2D eigenvalue weighted by Gasteiger charge is -2.16. The summed E-state index contributed by atoms with van der Waals surface area (Å²) < 4.78 is 5.56. The van der Waals surface area contributed by atoms with Crippen molar-refractivity contribution in [3.63, 3.8) is 0 Å². The Morgan fingerprint density at radius 3 is 3.13 bits per heavy atom. The van der Waals surface area contributed by atoms with Gasteiger partial charge in [-0.25, -0.2) is 4.79 Å². The summed E-state index contributed by atoms with van der Waals surface area (Å²) in [6, 6.07) is 0. The zero-order valence-corrected chi connectivity index (χ0v) is 9.11. The van der Waals surface area contributed by atoms with Gasteiger partial charge < -0.3 is 15.2 Å². The second kappa shape index (κ2) is 6.58. The molecule has 0 aliphatic carbocycles. The summed E-state index contributed by atoms with van der Waals surface area (Å²) in [7, 11) is 0. The van der Waals surface area contributed by atoms with E-state index in [1.54, 1.807) is 6.08 Å². The number of aliphatic carboxylic acids is 1. The maximum absolute atomic E-state index is 10.2. The standard InChI is InChI=1S/C11H19NO3/c1-2-10-9(5-7-15-10)8-12-6-3-4-11(13)14/h3-4,9-10,12H,2,5-8H2,1H3,(H,13,14)/b4-3+. The minimum atomic E-state index is -0.896. The van der Waals surface area contributed by atoms with Gasteiger partial charge in [-0.2, -0.15) is 0 Å². The molecule has 2 unspecified atom stereocenters. The van der Waals surface area contributed by atoms with Crippen LogP contribution in [-0.4, -0.2) is 36.9 Å². The van der Waals surface area contributed by atoms with Gasteiger partial charge in [-0.1, -0.05) is 13.0 Å². The molecule has 0 aromatic rings. The van der Waals surface area contributed by atoms with Crippen LogP contribution in [0.4, 0.5) is 0 Å². The summed E-state index contributed by atoms with van der Waals surface area (Å²) in [6.45, 7) is 4.50. The first kappa shape index (κ1) is 12.2. The third-order valence-electron chi connectivity index (χ3n) is 2.68. The number of nitrogens with one attached hydrogen (secondary N) is 1. The van der Waals surface area contributed by atoms with Gasteiger partial charge in [0.05, 0.1) is 6.10 Å². The van der Waals surface area contributed by atoms with Crippen LogP contribution in [-0.2, 0) is 9.53 Å². The van der Waals surface area contributed by atoms with Gasteiger partial charge in [-0.05, 0) is 18.8 Å². The monoisotopic (exact) mass is 213 g/mol. The van der Waals surface area contributed by atoms with Crippen LogP contribution in [0.2, 0.25) is 0 Å². The smallest absolute Gasteiger partial charge is 0.328 e. The van der Waals surface area contributed by atoms with Gasteiger partial charge in [0.25, 0.3) is 0 Å². The third-order valence-corrected chi connectivity index (χ3v) is 2.68. The number of hydrogen-bond acceptors (Lipinski definition) is 3. The molecule has 2 N–H and O–H groups in total. The lowest BCUT2D eigenvalue weighted by Crippen LogP contribution is -2.28. The fourth-order valence-electron chi connectivity index (χ4n) is 1.89. The molecule has 4 heteroatoms. The molecule has 1 rings (SSSR count). The van der Waals surface area contributed by atoms with E-state index < -0.39 is 5.97 Å². The second-order valence-electron chi connectivity index (χ2n) is 3.77. The van der Waals surface area contributed by atoms with Gasteiger partial charge in [0, 0.05) is 25.8 Å². The summed E-state index contributed by atoms with van der Waals surface area (Å²) in [6.07, 6.45) is 5.32. The van der Waals surface area contributed by atoms with Crippen molar-refractivity contribution in [2.24, 2.45) is 5.92 Å². The highest BCUT2D eigenvalue weighted by atomic mass is 16.5. The summed E-state index contributed by atoms with van der Waals surface area (Å²) in [5.41, 5.74) is 0. The molecule has 0 amide bonds. The van der Waals surface area contributed by atoms with E-state index in [1.807, 2.05) is 0 Å². The van der Waals surface area contributed by atoms with Crippen LogP contribution < -0.4 is 5.32 Å². The van der Waals surface area contributed by atoms with Gasteiger partial charge >= 0.3 is 5.97 Å². The molecule has 0 aromatic carbocycles. The fourth-order valence-corrected chi connectivity index (χ4v) is 1.89. The molecular weight excluding hydrogens is 194 g/mol. The number of ether oxygens (including phenoxy) is 1. The van der Waals surface area contributed by atoms with Crippen molar-refractivity contribution in [3.8, 4) is 0 Å². The average Bonchev–Trinajstić information content (AvgIpc) is 2.64. The first-order chi connectivity index (χ1) is 7.24. The minimum absolute atomic E-state index is 0.376. The first-order valence-corrected chi connectivity index (χ1v) is 5.45. The Balaban J connectivity index is 2.11. The Kier molecular flexibility index (Phi) is 5.36. The molecule has 0 bridgehead atoms. The van der Waals surface area contributed by atoms with Crippen molar-refractivity contribution in [3.05, 3.63) is 12.2 Å². The van der Waals surface area contributed by atoms with Crippen LogP contribution >= 0.6 is 0 Å². The molecule has 1 aliphatic rings. The summed E-state index contributed by atoms with van der Waals surface area (Å²) in [5.74, 6) is -0.319. The molecule has 86 valence electrons. The van der Waals surface area contributed by atoms with Crippen LogP contribution in [0.5, 0.6) is 0 Å². The van der Waals surface area contributed by atoms with Crippen molar-refractivity contribution in [1.29, 1.82) is 0 Å². The van der Waals surface area contributed by atoms with Crippen LogP contribution in [0.25, 0.3) is 0 Å². The summed E-state index contributed by atoms with van der Waals surface area (Å²) >= 11 is 0. The number of hydrogen-bond donors (Lipinski definition) is 2. The molecule has 15 heavy (non-hydrogen) atoms. The third kappa shape index (κ3) is 4.44. The van der Waals surface area contributed by atoms with Crippen molar-refractivity contribution < 1.29 is 14.6 Å². The Labute approximate surface area is 90.3 Å². The maximum atomic E-state index is 10.2. The number of carboxylic acid groups (broad SMARTS) is 1. The molecule has 2 atom stereocenters. The summed E-state index contributed by atoms with van der Waals surface area (Å²) in [5, 5.41) is 11.6. The average molecular weight is 213 g/mol. The van der Waals surface area contributed by atoms with Gasteiger partial charge in [-0.15, -0.1) is 0 Å². The number of carboxylic acids is 1. The van der Waals surface area contributed by atoms with Gasteiger partial charge in [0.1, 0.15) is 0 Å². The highest BCUT2D eigenvalue weighted by molar-refractivity contribution is 5.79. The SMILES string of the molecule is CCC1OCCC1CNC/C=C/C(=O)O. The quantitative estimate of drug-likeness (QED) is 0.511. The number of rotatable bonds is 6. The van der Waals surface area contributed by atoms with E-state index in [4.69, 9.17) is 9.84 Å². The molecule has 0 radical (unpaired) electrons. The molecular formula is C11H19NO3. The van der Waals surface area contributed by atoms with E-state index in [1.165, 1.54) is 0 Å². The molecule has 0 aromatic heterocycles. The second-order valence-corrected chi connectivity index (χ2v) is 3.77. The Morgan fingerprint density at radius 1 is 1.67 bits per heavy atom. The van der Waals surface area contributed by atoms with Gasteiger partial charge in [0.2, 0.25) is 0 Å². The Hall–Kier alpha value is -0.870.